The number of carbonyl (C=O) groups excluding carboxylic acids is 1. The number of rotatable bonds is 4. The van der Waals surface area contributed by atoms with Crippen LogP contribution in [0, 0.1) is 0 Å². The second kappa shape index (κ2) is 9.02. The summed E-state index contributed by atoms with van der Waals surface area (Å²) in [6, 6.07) is 7.60. The van der Waals surface area contributed by atoms with Gasteiger partial charge in [-0.25, -0.2) is 4.98 Å². The number of nitrogens with zero attached hydrogens (tertiary/aromatic N) is 4. The molecular formula is C25H28N4O3S. The van der Waals surface area contributed by atoms with Gasteiger partial charge in [-0.1, -0.05) is 12.1 Å². The maximum atomic E-state index is 13.2. The Labute approximate surface area is 196 Å². The average molecular weight is 465 g/mol. The minimum absolute atomic E-state index is 0.00583. The van der Waals surface area contributed by atoms with E-state index in [-0.39, 0.29) is 11.5 Å². The second-order valence-electron chi connectivity index (χ2n) is 8.59. The molecule has 5 rings (SSSR count). The number of aryl methyl sites for hydroxylation is 2. The number of fused-ring (bicyclic) bond motifs is 3. The van der Waals surface area contributed by atoms with Crippen LogP contribution in [0.3, 0.4) is 0 Å². The monoisotopic (exact) mass is 464 g/mol. The van der Waals surface area contributed by atoms with Gasteiger partial charge in [0.25, 0.3) is 5.56 Å². The van der Waals surface area contributed by atoms with Crippen LogP contribution in [-0.2, 0) is 24.7 Å². The summed E-state index contributed by atoms with van der Waals surface area (Å²) >= 11 is 1.68. The first-order valence-corrected chi connectivity index (χ1v) is 12.2. The summed E-state index contributed by atoms with van der Waals surface area (Å²) in [4.78, 5) is 36.9. The first-order valence-electron chi connectivity index (χ1n) is 11.4. The molecule has 0 unspecified atom stereocenters. The SMILES string of the molecule is COc1ccc(/C=C/C(=O)N2CCN(c3nc4sc5c(c4c(=O)n3C)CCCC5)CC2)cc1. The molecule has 1 fully saturated rings. The van der Waals surface area contributed by atoms with Crippen LogP contribution in [0.25, 0.3) is 16.3 Å². The van der Waals surface area contributed by atoms with Crippen LogP contribution in [0.4, 0.5) is 5.95 Å². The van der Waals surface area contributed by atoms with Crippen molar-refractivity contribution in [3.8, 4) is 5.75 Å². The summed E-state index contributed by atoms with van der Waals surface area (Å²) in [5.74, 6) is 1.49. The highest BCUT2D eigenvalue weighted by Gasteiger charge is 2.26. The average Bonchev–Trinajstić information content (AvgIpc) is 3.24. The highest BCUT2D eigenvalue weighted by molar-refractivity contribution is 7.18. The fourth-order valence-electron chi connectivity index (χ4n) is 4.67. The number of hydrogen-bond donors (Lipinski definition) is 0. The molecule has 1 aliphatic carbocycles. The van der Waals surface area contributed by atoms with Crippen LogP contribution in [0.5, 0.6) is 5.75 Å². The summed E-state index contributed by atoms with van der Waals surface area (Å²) < 4.78 is 6.85. The van der Waals surface area contributed by atoms with Crippen LogP contribution >= 0.6 is 11.3 Å². The van der Waals surface area contributed by atoms with Gasteiger partial charge < -0.3 is 14.5 Å². The molecule has 1 amide bonds. The zero-order valence-electron chi connectivity index (χ0n) is 19.0. The zero-order chi connectivity index (χ0) is 22.9. The molecule has 0 N–H and O–H groups in total. The summed E-state index contributed by atoms with van der Waals surface area (Å²) in [6.07, 6.45) is 7.82. The van der Waals surface area contributed by atoms with Gasteiger partial charge in [-0.05, 0) is 55.0 Å². The number of carbonyl (C=O) groups is 1. The van der Waals surface area contributed by atoms with E-state index in [1.165, 1.54) is 16.9 Å². The Hall–Kier alpha value is -3.13. The van der Waals surface area contributed by atoms with Gasteiger partial charge in [0.2, 0.25) is 11.9 Å². The van der Waals surface area contributed by atoms with E-state index in [0.717, 1.165) is 40.8 Å². The molecule has 2 aromatic heterocycles. The molecule has 3 heterocycles. The molecule has 0 radical (unpaired) electrons. The van der Waals surface area contributed by atoms with E-state index in [2.05, 4.69) is 4.90 Å². The van der Waals surface area contributed by atoms with Crippen molar-refractivity contribution in [2.75, 3.05) is 38.2 Å². The van der Waals surface area contributed by atoms with Crippen molar-refractivity contribution in [2.45, 2.75) is 25.7 Å². The molecule has 0 bridgehead atoms. The highest BCUT2D eigenvalue weighted by Crippen LogP contribution is 2.34. The molecule has 7 nitrogen and oxygen atoms in total. The summed E-state index contributed by atoms with van der Waals surface area (Å²) in [7, 11) is 3.44. The quantitative estimate of drug-likeness (QED) is 0.555. The van der Waals surface area contributed by atoms with Crippen LogP contribution in [0.2, 0.25) is 0 Å². The van der Waals surface area contributed by atoms with E-state index >= 15 is 0 Å². The molecule has 8 heteroatoms. The molecule has 33 heavy (non-hydrogen) atoms. The van der Waals surface area contributed by atoms with Gasteiger partial charge in [-0.15, -0.1) is 11.3 Å². The standard InChI is InChI=1S/C25H28N4O3S/c1-27-24(31)22-19-5-3-4-6-20(19)33-23(22)26-25(27)29-15-13-28(14-16-29)21(30)12-9-17-7-10-18(32-2)11-8-17/h7-12H,3-6,13-16H2,1-2H3/b12-9+. The Kier molecular flexibility index (Phi) is 5.93. The molecular weight excluding hydrogens is 436 g/mol. The number of benzene rings is 1. The summed E-state index contributed by atoms with van der Waals surface area (Å²) in [6.45, 7) is 2.50. The number of hydrogen-bond acceptors (Lipinski definition) is 6. The van der Waals surface area contributed by atoms with Crippen molar-refractivity contribution in [1.82, 2.24) is 14.5 Å². The Balaban J connectivity index is 1.28. The third-order valence-electron chi connectivity index (χ3n) is 6.58. The minimum Gasteiger partial charge on any atom is -0.497 e. The predicted molar refractivity (Wildman–Crippen MR) is 132 cm³/mol. The van der Waals surface area contributed by atoms with Gasteiger partial charge in [-0.2, -0.15) is 0 Å². The van der Waals surface area contributed by atoms with Gasteiger partial charge in [0, 0.05) is 44.2 Å². The van der Waals surface area contributed by atoms with Crippen molar-refractivity contribution in [3.05, 3.63) is 56.7 Å². The fourth-order valence-corrected chi connectivity index (χ4v) is 5.92. The number of methoxy groups -OCH3 is 1. The largest absolute Gasteiger partial charge is 0.497 e. The van der Waals surface area contributed by atoms with Gasteiger partial charge in [-0.3, -0.25) is 14.2 Å². The van der Waals surface area contributed by atoms with Crippen molar-refractivity contribution in [2.24, 2.45) is 7.05 Å². The Morgan fingerprint density at radius 1 is 1.09 bits per heavy atom. The van der Waals surface area contributed by atoms with E-state index in [1.54, 1.807) is 29.1 Å². The summed E-state index contributed by atoms with van der Waals surface area (Å²) in [5, 5.41) is 0.818. The van der Waals surface area contributed by atoms with Gasteiger partial charge >= 0.3 is 0 Å². The number of anilines is 1. The lowest BCUT2D eigenvalue weighted by Gasteiger charge is -2.35. The first-order chi connectivity index (χ1) is 16.0. The lowest BCUT2D eigenvalue weighted by Crippen LogP contribution is -2.49. The normalized spacial score (nSPS) is 16.4. The molecule has 172 valence electrons. The van der Waals surface area contributed by atoms with Gasteiger partial charge in [0.15, 0.2) is 0 Å². The lowest BCUT2D eigenvalue weighted by atomic mass is 9.97. The maximum absolute atomic E-state index is 13.2. The Bertz CT molecular complexity index is 1270. The van der Waals surface area contributed by atoms with E-state index in [4.69, 9.17) is 9.72 Å². The summed E-state index contributed by atoms with van der Waals surface area (Å²) in [5.41, 5.74) is 2.23. The number of amides is 1. The minimum atomic E-state index is -0.00583. The molecule has 0 saturated carbocycles. The zero-order valence-corrected chi connectivity index (χ0v) is 19.9. The van der Waals surface area contributed by atoms with Crippen LogP contribution in [-0.4, -0.2) is 53.6 Å². The molecule has 1 aliphatic heterocycles. The van der Waals surface area contributed by atoms with Crippen molar-refractivity contribution in [3.63, 3.8) is 0 Å². The van der Waals surface area contributed by atoms with Crippen molar-refractivity contribution >= 4 is 39.5 Å². The van der Waals surface area contributed by atoms with Crippen LogP contribution in [0.15, 0.2) is 35.1 Å². The molecule has 2 aliphatic rings. The fraction of sp³-hybridized carbons (Fsp3) is 0.400. The van der Waals surface area contributed by atoms with Crippen molar-refractivity contribution in [1.29, 1.82) is 0 Å². The number of aromatic nitrogens is 2. The Morgan fingerprint density at radius 3 is 2.55 bits per heavy atom. The third-order valence-corrected chi connectivity index (χ3v) is 7.77. The van der Waals surface area contributed by atoms with E-state index in [0.29, 0.717) is 32.1 Å². The molecule has 1 saturated heterocycles. The number of ether oxygens (including phenoxy) is 1. The maximum Gasteiger partial charge on any atom is 0.263 e. The van der Waals surface area contributed by atoms with E-state index in [9.17, 15) is 9.59 Å². The third kappa shape index (κ3) is 4.15. The Morgan fingerprint density at radius 2 is 1.82 bits per heavy atom. The molecule has 1 aromatic carbocycles. The molecule has 0 atom stereocenters. The topological polar surface area (TPSA) is 67.7 Å². The van der Waals surface area contributed by atoms with Gasteiger partial charge in [0.05, 0.1) is 12.5 Å². The highest BCUT2D eigenvalue weighted by atomic mass is 32.1. The molecule has 3 aromatic rings. The molecule has 0 spiro atoms. The van der Waals surface area contributed by atoms with Crippen LogP contribution in [0.1, 0.15) is 28.8 Å². The predicted octanol–water partition coefficient (Wildman–Crippen LogP) is 3.24. The first kappa shape index (κ1) is 21.7. The van der Waals surface area contributed by atoms with Crippen LogP contribution < -0.4 is 15.2 Å². The number of thiophene rings is 1. The number of piperazine rings is 1. The van der Waals surface area contributed by atoms with E-state index in [1.807, 2.05) is 42.3 Å². The smallest absolute Gasteiger partial charge is 0.263 e. The van der Waals surface area contributed by atoms with Gasteiger partial charge in [0.1, 0.15) is 10.6 Å². The second-order valence-corrected chi connectivity index (χ2v) is 9.67. The van der Waals surface area contributed by atoms with Crippen molar-refractivity contribution < 1.29 is 9.53 Å². The van der Waals surface area contributed by atoms with E-state index < -0.39 is 0 Å². The lowest BCUT2D eigenvalue weighted by molar-refractivity contribution is -0.126.